The molecule has 0 bridgehead atoms. The van der Waals surface area contributed by atoms with Crippen LogP contribution < -0.4 is 0 Å². The first kappa shape index (κ1) is 15.6. The number of hydrogen-bond donors (Lipinski definition) is 0. The molecule has 0 N–H and O–H groups in total. The molecule has 3 nitrogen and oxygen atoms in total. The first-order valence-electron chi connectivity index (χ1n) is 6.83. The van der Waals surface area contributed by atoms with Crippen molar-refractivity contribution in [3.8, 4) is 0 Å². The Morgan fingerprint density at radius 2 is 1.86 bits per heavy atom. The lowest BCUT2D eigenvalue weighted by atomic mass is 10.0. The van der Waals surface area contributed by atoms with Crippen molar-refractivity contribution in [1.29, 1.82) is 0 Å². The van der Waals surface area contributed by atoms with Crippen LogP contribution in [-0.2, 0) is 14.5 Å². The minimum Gasteiger partial charge on any atom is -0.344 e. The van der Waals surface area contributed by atoms with E-state index in [0.717, 1.165) is 25.7 Å². The van der Waals surface area contributed by atoms with Gasteiger partial charge in [-0.2, -0.15) is 0 Å². The summed E-state index contributed by atoms with van der Waals surface area (Å²) in [6, 6.07) is 3.45. The van der Waals surface area contributed by atoms with Crippen LogP contribution in [0.15, 0.2) is 18.7 Å². The molecule has 0 aromatic heterocycles. The van der Waals surface area contributed by atoms with E-state index in [-0.39, 0.29) is 0 Å². The van der Waals surface area contributed by atoms with Crippen LogP contribution in [0, 0.1) is 0 Å². The van der Waals surface area contributed by atoms with Gasteiger partial charge in [-0.1, -0.05) is 47.4 Å². The van der Waals surface area contributed by atoms with Crippen molar-refractivity contribution in [3.63, 3.8) is 0 Å². The second-order valence-electron chi connectivity index (χ2n) is 5.35. The zero-order valence-electron chi connectivity index (χ0n) is 11.3. The lowest BCUT2D eigenvalue weighted by Gasteiger charge is -2.36. The predicted molar refractivity (Wildman–Crippen MR) is 83.6 cm³/mol. The van der Waals surface area contributed by atoms with Crippen LogP contribution in [0.4, 0.5) is 0 Å². The van der Waals surface area contributed by atoms with E-state index in [1.807, 2.05) is 0 Å². The zero-order chi connectivity index (χ0) is 15.0. The topological polar surface area (TPSA) is 27.7 Å². The third-order valence-electron chi connectivity index (χ3n) is 3.95. The van der Waals surface area contributed by atoms with Gasteiger partial charge in [-0.05, 0) is 24.5 Å². The van der Waals surface area contributed by atoms with Gasteiger partial charge >= 0.3 is 0 Å². The van der Waals surface area contributed by atoms with Crippen LogP contribution >= 0.6 is 34.8 Å². The molecule has 1 aliphatic carbocycles. The van der Waals surface area contributed by atoms with Crippen LogP contribution in [0.25, 0.3) is 5.57 Å². The average Bonchev–Trinajstić information content (AvgIpc) is 2.93. The SMILES string of the molecule is C=C(c1ccc(Cl)c(Cl)c1Cl)C1COC2(CCCC2)OO1. The molecule has 1 saturated heterocycles. The fourth-order valence-electron chi connectivity index (χ4n) is 2.67. The normalized spacial score (nSPS) is 24.4. The Labute approximate surface area is 138 Å². The summed E-state index contributed by atoms with van der Waals surface area (Å²) in [6.45, 7) is 4.41. The van der Waals surface area contributed by atoms with Gasteiger partial charge in [0.15, 0.2) is 0 Å². The van der Waals surface area contributed by atoms with Crippen molar-refractivity contribution in [2.75, 3.05) is 6.61 Å². The summed E-state index contributed by atoms with van der Waals surface area (Å²) in [4.78, 5) is 11.0. The zero-order valence-corrected chi connectivity index (χ0v) is 13.6. The summed E-state index contributed by atoms with van der Waals surface area (Å²) >= 11 is 18.2. The van der Waals surface area contributed by atoms with Crippen LogP contribution in [0.1, 0.15) is 31.2 Å². The van der Waals surface area contributed by atoms with Crippen molar-refractivity contribution < 1.29 is 14.5 Å². The molecule has 1 aromatic rings. The van der Waals surface area contributed by atoms with Gasteiger partial charge in [-0.15, -0.1) is 0 Å². The number of halogens is 3. The Bertz CT molecular complexity index is 558. The van der Waals surface area contributed by atoms with Crippen molar-refractivity contribution >= 4 is 40.4 Å². The lowest BCUT2D eigenvalue weighted by molar-refractivity contribution is -0.475. The molecule has 1 aliphatic heterocycles. The number of benzene rings is 1. The van der Waals surface area contributed by atoms with Crippen LogP contribution in [0.2, 0.25) is 15.1 Å². The first-order chi connectivity index (χ1) is 10.0. The molecule has 1 unspecified atom stereocenters. The van der Waals surface area contributed by atoms with Crippen LogP contribution in [0.3, 0.4) is 0 Å². The molecule has 0 radical (unpaired) electrons. The Hall–Kier alpha value is -0.290. The minimum atomic E-state index is -0.571. The molecule has 114 valence electrons. The molecule has 0 amide bonds. The highest BCUT2D eigenvalue weighted by Gasteiger charge is 2.42. The van der Waals surface area contributed by atoms with E-state index in [1.165, 1.54) is 0 Å². The van der Waals surface area contributed by atoms with E-state index >= 15 is 0 Å². The lowest BCUT2D eigenvalue weighted by Crippen LogP contribution is -2.43. The van der Waals surface area contributed by atoms with Gasteiger partial charge in [0.2, 0.25) is 5.79 Å². The fourth-order valence-corrected chi connectivity index (χ4v) is 3.33. The van der Waals surface area contributed by atoms with Gasteiger partial charge in [-0.3, -0.25) is 0 Å². The second-order valence-corrected chi connectivity index (χ2v) is 6.51. The molecule has 2 fully saturated rings. The highest BCUT2D eigenvalue weighted by Crippen LogP contribution is 2.41. The third-order valence-corrected chi connectivity index (χ3v) is 5.24. The summed E-state index contributed by atoms with van der Waals surface area (Å²) < 4.78 is 5.87. The quantitative estimate of drug-likeness (QED) is 0.537. The molecule has 6 heteroatoms. The maximum absolute atomic E-state index is 6.22. The number of hydrogen-bond acceptors (Lipinski definition) is 3. The van der Waals surface area contributed by atoms with E-state index in [0.29, 0.717) is 32.8 Å². The Morgan fingerprint density at radius 3 is 2.48 bits per heavy atom. The molecule has 1 saturated carbocycles. The summed E-state index contributed by atoms with van der Waals surface area (Å²) in [5.74, 6) is -0.571. The second kappa shape index (κ2) is 6.07. The first-order valence-corrected chi connectivity index (χ1v) is 7.97. The van der Waals surface area contributed by atoms with Crippen molar-refractivity contribution in [2.24, 2.45) is 0 Å². The summed E-state index contributed by atoms with van der Waals surface area (Å²) in [5, 5.41) is 1.07. The van der Waals surface area contributed by atoms with Gasteiger partial charge in [0.1, 0.15) is 6.10 Å². The van der Waals surface area contributed by atoms with Gasteiger partial charge in [0.25, 0.3) is 0 Å². The third kappa shape index (κ3) is 2.96. The highest BCUT2D eigenvalue weighted by atomic mass is 35.5. The smallest absolute Gasteiger partial charge is 0.201 e. The highest BCUT2D eigenvalue weighted by molar-refractivity contribution is 6.48. The predicted octanol–water partition coefficient (Wildman–Crippen LogP) is 5.28. The molecule has 1 atom stereocenters. The molecule has 21 heavy (non-hydrogen) atoms. The maximum atomic E-state index is 6.22. The van der Waals surface area contributed by atoms with Gasteiger partial charge in [-0.25, -0.2) is 9.78 Å². The Balaban J connectivity index is 1.74. The summed E-state index contributed by atoms with van der Waals surface area (Å²) in [6.07, 6.45) is 3.49. The van der Waals surface area contributed by atoms with E-state index in [2.05, 4.69) is 6.58 Å². The Kier molecular flexibility index (Phi) is 4.51. The van der Waals surface area contributed by atoms with E-state index in [1.54, 1.807) is 12.1 Å². The van der Waals surface area contributed by atoms with Gasteiger partial charge in [0, 0.05) is 18.4 Å². The van der Waals surface area contributed by atoms with E-state index in [4.69, 9.17) is 49.3 Å². The van der Waals surface area contributed by atoms with E-state index < -0.39 is 11.9 Å². The monoisotopic (exact) mass is 348 g/mol. The minimum absolute atomic E-state index is 0.307. The maximum Gasteiger partial charge on any atom is 0.201 e. The molecular formula is C15H15Cl3O3. The fraction of sp³-hybridized carbons (Fsp3) is 0.467. The standard InChI is InChI=1S/C15H15Cl3O3/c1-9(10-4-5-11(16)14(18)13(10)17)12-8-19-15(21-20-12)6-2-3-7-15/h4-5,12H,1-3,6-8H2. The molecule has 1 spiro atoms. The van der Waals surface area contributed by atoms with Gasteiger partial charge in [0.05, 0.1) is 21.7 Å². The number of rotatable bonds is 2. The van der Waals surface area contributed by atoms with Gasteiger partial charge < -0.3 is 4.74 Å². The average molecular weight is 350 g/mol. The molecule has 2 aliphatic rings. The molecular weight excluding hydrogens is 335 g/mol. The largest absolute Gasteiger partial charge is 0.344 e. The van der Waals surface area contributed by atoms with Crippen molar-refractivity contribution in [1.82, 2.24) is 0 Å². The summed E-state index contributed by atoms with van der Waals surface area (Å²) in [7, 11) is 0. The summed E-state index contributed by atoms with van der Waals surface area (Å²) in [5.41, 5.74) is 1.34. The molecule has 1 aromatic carbocycles. The van der Waals surface area contributed by atoms with E-state index in [9.17, 15) is 0 Å². The molecule has 1 heterocycles. The number of ether oxygens (including phenoxy) is 1. The van der Waals surface area contributed by atoms with Crippen molar-refractivity contribution in [2.45, 2.75) is 37.6 Å². The van der Waals surface area contributed by atoms with Crippen LogP contribution in [0.5, 0.6) is 0 Å². The van der Waals surface area contributed by atoms with Crippen LogP contribution in [-0.4, -0.2) is 18.5 Å². The molecule has 3 rings (SSSR count). The van der Waals surface area contributed by atoms with Crippen molar-refractivity contribution in [3.05, 3.63) is 39.3 Å². The Morgan fingerprint density at radius 1 is 1.14 bits per heavy atom.